The Morgan fingerprint density at radius 2 is 2.00 bits per heavy atom. The number of benzene rings is 1. The molecule has 2 aromatic heterocycles. The van der Waals surface area contributed by atoms with Crippen LogP contribution in [0.15, 0.2) is 57.5 Å². The van der Waals surface area contributed by atoms with Gasteiger partial charge in [0.2, 0.25) is 0 Å². The van der Waals surface area contributed by atoms with E-state index in [2.05, 4.69) is 36.1 Å². The Bertz CT molecular complexity index is 659. The first-order valence-electron chi connectivity index (χ1n) is 5.46. The van der Waals surface area contributed by atoms with Gasteiger partial charge < -0.3 is 9.84 Å². The molecule has 94 valence electrons. The fourth-order valence-electron chi connectivity index (χ4n) is 1.40. The van der Waals surface area contributed by atoms with Gasteiger partial charge in [-0.25, -0.2) is 0 Å². The van der Waals surface area contributed by atoms with Crippen molar-refractivity contribution in [3.63, 3.8) is 0 Å². The summed E-state index contributed by atoms with van der Waals surface area (Å²) in [5, 5.41) is 24.7. The first-order chi connectivity index (χ1) is 9.42. The van der Waals surface area contributed by atoms with Gasteiger partial charge in [0.15, 0.2) is 5.82 Å². The summed E-state index contributed by atoms with van der Waals surface area (Å²) in [6.07, 6.45) is 3.00. The molecule has 2 heterocycles. The van der Waals surface area contributed by atoms with Crippen LogP contribution in [0.3, 0.4) is 0 Å². The number of rotatable bonds is 4. The highest BCUT2D eigenvalue weighted by molar-refractivity contribution is 5.64. The summed E-state index contributed by atoms with van der Waals surface area (Å²) in [5.74, 6) is 0.943. The van der Waals surface area contributed by atoms with Crippen molar-refractivity contribution in [1.82, 2.24) is 20.6 Å². The van der Waals surface area contributed by atoms with Crippen LogP contribution in [0, 0.1) is 0 Å². The Balaban J connectivity index is 1.79. The molecule has 0 unspecified atom stereocenters. The van der Waals surface area contributed by atoms with Gasteiger partial charge in [0, 0.05) is 5.27 Å². The molecular formula is C11H9N7O. The van der Waals surface area contributed by atoms with Crippen LogP contribution >= 0.6 is 0 Å². The molecule has 1 aromatic carbocycles. The lowest BCUT2D eigenvalue weighted by Gasteiger charge is -1.97. The third-order valence-corrected chi connectivity index (χ3v) is 2.26. The van der Waals surface area contributed by atoms with Crippen molar-refractivity contribution < 1.29 is 4.52 Å². The highest BCUT2D eigenvalue weighted by Gasteiger charge is 2.06. The zero-order valence-electron chi connectivity index (χ0n) is 9.69. The monoisotopic (exact) mass is 255 g/mol. The summed E-state index contributed by atoms with van der Waals surface area (Å²) in [7, 11) is 0. The minimum absolute atomic E-state index is 0.389. The van der Waals surface area contributed by atoms with Crippen molar-refractivity contribution in [2.75, 3.05) is 5.32 Å². The Kier molecular flexibility index (Phi) is 2.97. The summed E-state index contributed by atoms with van der Waals surface area (Å²) in [5.41, 5.74) is 1.32. The van der Waals surface area contributed by atoms with Gasteiger partial charge in [-0.1, -0.05) is 18.2 Å². The summed E-state index contributed by atoms with van der Waals surface area (Å²) in [6, 6.07) is 9.42. The highest BCUT2D eigenvalue weighted by atomic mass is 16.5. The number of aromatic nitrogens is 4. The maximum atomic E-state index is 4.83. The molecule has 0 aliphatic heterocycles. The summed E-state index contributed by atoms with van der Waals surface area (Å²) >= 11 is 0. The predicted octanol–water partition coefficient (Wildman–Crippen LogP) is 2.95. The summed E-state index contributed by atoms with van der Waals surface area (Å²) in [4.78, 5) is 0. The molecule has 3 aromatic rings. The van der Waals surface area contributed by atoms with Gasteiger partial charge in [0.05, 0.1) is 11.9 Å². The minimum Gasteiger partial charge on any atom is -0.319 e. The number of H-pyrrole nitrogens is 1. The number of nitrogens with one attached hydrogen (secondary N) is 2. The molecule has 0 atom stereocenters. The number of aromatic amines is 1. The van der Waals surface area contributed by atoms with Crippen LogP contribution in [0.1, 0.15) is 0 Å². The van der Waals surface area contributed by atoms with Gasteiger partial charge >= 0.3 is 0 Å². The van der Waals surface area contributed by atoms with Crippen molar-refractivity contribution in [3.8, 4) is 0 Å². The van der Waals surface area contributed by atoms with Gasteiger partial charge in [-0.15, -0.1) is 10.2 Å². The lowest BCUT2D eigenvalue weighted by molar-refractivity contribution is 0.406. The topological polar surface area (TPSA) is 104 Å². The fraction of sp³-hybridized carbons (Fsp3) is 0. The Hall–Kier alpha value is -3.03. The molecule has 0 aliphatic rings. The van der Waals surface area contributed by atoms with E-state index >= 15 is 0 Å². The van der Waals surface area contributed by atoms with Crippen LogP contribution in [0.4, 0.5) is 23.1 Å². The lowest BCUT2D eigenvalue weighted by Crippen LogP contribution is -1.88. The summed E-state index contributed by atoms with van der Waals surface area (Å²) < 4.78 is 4.83. The van der Waals surface area contributed by atoms with Crippen LogP contribution in [0.25, 0.3) is 0 Å². The molecule has 0 saturated carbocycles. The van der Waals surface area contributed by atoms with Crippen LogP contribution in [0.5, 0.6) is 0 Å². The normalized spacial score (nSPS) is 10.9. The number of hydrogen-bond acceptors (Lipinski definition) is 7. The molecule has 0 bridgehead atoms. The van der Waals surface area contributed by atoms with Crippen molar-refractivity contribution in [2.45, 2.75) is 0 Å². The Labute approximate surface area is 107 Å². The quantitative estimate of drug-likeness (QED) is 0.697. The smallest absolute Gasteiger partial charge is 0.250 e. The van der Waals surface area contributed by atoms with E-state index in [1.807, 2.05) is 30.3 Å². The van der Waals surface area contributed by atoms with E-state index in [9.17, 15) is 0 Å². The highest BCUT2D eigenvalue weighted by Crippen LogP contribution is 2.26. The third-order valence-electron chi connectivity index (χ3n) is 2.26. The van der Waals surface area contributed by atoms with Gasteiger partial charge in [-0.3, -0.25) is 5.10 Å². The second-order valence-electron chi connectivity index (χ2n) is 3.57. The second kappa shape index (κ2) is 5.08. The fourth-order valence-corrected chi connectivity index (χ4v) is 1.40. The molecule has 0 fully saturated rings. The van der Waals surface area contributed by atoms with Crippen molar-refractivity contribution in [2.24, 2.45) is 10.2 Å². The molecule has 3 rings (SSSR count). The zero-order valence-corrected chi connectivity index (χ0v) is 9.69. The van der Waals surface area contributed by atoms with Gasteiger partial charge in [0.1, 0.15) is 11.9 Å². The number of azo groups is 1. The number of anilines is 2. The van der Waals surface area contributed by atoms with Crippen LogP contribution in [-0.4, -0.2) is 20.6 Å². The number of nitrogens with zero attached hydrogens (tertiary/aromatic N) is 5. The van der Waals surface area contributed by atoms with Crippen molar-refractivity contribution >= 4 is 23.1 Å². The molecule has 8 heteroatoms. The first-order valence-corrected chi connectivity index (χ1v) is 5.46. The average molecular weight is 255 g/mol. The molecular weight excluding hydrogens is 246 g/mol. The van der Waals surface area contributed by atoms with E-state index in [1.165, 1.54) is 6.20 Å². The third kappa shape index (κ3) is 2.63. The van der Waals surface area contributed by atoms with Crippen LogP contribution < -0.4 is 5.32 Å². The van der Waals surface area contributed by atoms with E-state index in [0.717, 1.165) is 5.69 Å². The van der Waals surface area contributed by atoms with E-state index in [4.69, 9.17) is 4.52 Å². The molecule has 0 saturated heterocycles. The Morgan fingerprint density at radius 3 is 2.79 bits per heavy atom. The average Bonchev–Trinajstić information content (AvgIpc) is 3.10. The standard InChI is InChI=1S/C11H9N7O/c1-2-4-8(5-3-1)15-16-9-6-12-17-11(9)14-10-7-13-18-19-10/h1-7H,(H2,12,14,17). The molecule has 8 nitrogen and oxygen atoms in total. The maximum Gasteiger partial charge on any atom is 0.250 e. The largest absolute Gasteiger partial charge is 0.319 e. The number of hydrogen-bond donors (Lipinski definition) is 2. The predicted molar refractivity (Wildman–Crippen MR) is 66.8 cm³/mol. The molecule has 0 radical (unpaired) electrons. The SMILES string of the molecule is c1ccc(N=Nc2cn[nH]c2Nc2cnno2)cc1. The van der Waals surface area contributed by atoms with Crippen LogP contribution in [0.2, 0.25) is 0 Å². The lowest BCUT2D eigenvalue weighted by atomic mass is 10.3. The molecule has 2 N–H and O–H groups in total. The van der Waals surface area contributed by atoms with Gasteiger partial charge in [0.25, 0.3) is 5.88 Å². The van der Waals surface area contributed by atoms with E-state index in [-0.39, 0.29) is 0 Å². The molecule has 19 heavy (non-hydrogen) atoms. The van der Waals surface area contributed by atoms with Crippen molar-refractivity contribution in [1.29, 1.82) is 0 Å². The maximum absolute atomic E-state index is 4.83. The molecule has 0 aliphatic carbocycles. The van der Waals surface area contributed by atoms with E-state index in [0.29, 0.717) is 17.4 Å². The van der Waals surface area contributed by atoms with Gasteiger partial charge in [-0.2, -0.15) is 10.2 Å². The van der Waals surface area contributed by atoms with Crippen molar-refractivity contribution in [3.05, 3.63) is 42.7 Å². The minimum atomic E-state index is 0.389. The van der Waals surface area contributed by atoms with Gasteiger partial charge in [-0.05, 0) is 12.1 Å². The van der Waals surface area contributed by atoms with Crippen LogP contribution in [-0.2, 0) is 0 Å². The first kappa shape index (κ1) is 11.1. The zero-order chi connectivity index (χ0) is 12.9. The molecule has 0 amide bonds. The summed E-state index contributed by atoms with van der Waals surface area (Å²) in [6.45, 7) is 0. The second-order valence-corrected chi connectivity index (χ2v) is 3.57. The molecule has 0 spiro atoms. The van der Waals surface area contributed by atoms with E-state index in [1.54, 1.807) is 6.20 Å². The van der Waals surface area contributed by atoms with E-state index < -0.39 is 0 Å². The Morgan fingerprint density at radius 1 is 1.11 bits per heavy atom.